The number of ether oxygens (including phenoxy) is 1. The van der Waals surface area contributed by atoms with E-state index in [1.807, 2.05) is 11.5 Å². The molecule has 8 nitrogen and oxygen atoms in total. The summed E-state index contributed by atoms with van der Waals surface area (Å²) >= 11 is 1.31. The highest BCUT2D eigenvalue weighted by molar-refractivity contribution is 7.99. The molecule has 1 N–H and O–H groups in total. The molecule has 9 heteroatoms. The van der Waals surface area contributed by atoms with E-state index in [1.54, 1.807) is 24.3 Å². The maximum Gasteiger partial charge on any atom is 0.337 e. The number of esters is 1. The zero-order valence-corrected chi connectivity index (χ0v) is 20.8. The average molecular weight is 480 g/mol. The fourth-order valence-corrected chi connectivity index (χ4v) is 3.97. The Hall–Kier alpha value is -3.46. The number of hydrazone groups is 1. The lowest BCUT2D eigenvalue weighted by molar-refractivity contribution is -0.118. The fourth-order valence-electron chi connectivity index (χ4n) is 3.18. The Labute approximate surface area is 203 Å². The van der Waals surface area contributed by atoms with Gasteiger partial charge in [-0.1, -0.05) is 68.9 Å². The van der Waals surface area contributed by atoms with Crippen molar-refractivity contribution < 1.29 is 14.3 Å². The Bertz CT molecular complexity index is 1160. The standard InChI is InChI=1S/C25H29N5O3S/c1-6-30-22(18-11-13-20(14-12-18)25(2,3)4)28-29-24(30)34-16-21(31)27-26-15-17-7-9-19(10-8-17)23(32)33-5/h7-15H,6,16H2,1-5H3,(H,27,31). The van der Waals surface area contributed by atoms with Crippen LogP contribution in [0.15, 0.2) is 58.8 Å². The molecule has 2 aromatic carbocycles. The van der Waals surface area contributed by atoms with Crippen LogP contribution in [0, 0.1) is 0 Å². The molecule has 178 valence electrons. The molecule has 0 saturated heterocycles. The van der Waals surface area contributed by atoms with Crippen LogP contribution >= 0.6 is 11.8 Å². The van der Waals surface area contributed by atoms with Crippen molar-refractivity contribution in [2.45, 2.75) is 44.8 Å². The number of carbonyl (C=O) groups excluding carboxylic acids is 2. The molecule has 0 atom stereocenters. The lowest BCUT2D eigenvalue weighted by Gasteiger charge is -2.19. The van der Waals surface area contributed by atoms with E-state index in [1.165, 1.54) is 30.6 Å². The van der Waals surface area contributed by atoms with E-state index in [2.05, 4.69) is 70.5 Å². The van der Waals surface area contributed by atoms with Gasteiger partial charge in [0.05, 0.1) is 24.6 Å². The first-order valence-electron chi connectivity index (χ1n) is 10.9. The summed E-state index contributed by atoms with van der Waals surface area (Å²) in [6.07, 6.45) is 1.51. The Balaban J connectivity index is 1.58. The van der Waals surface area contributed by atoms with Crippen molar-refractivity contribution in [3.05, 3.63) is 65.2 Å². The normalized spacial score (nSPS) is 11.6. The maximum absolute atomic E-state index is 12.2. The molecule has 0 aliphatic rings. The minimum absolute atomic E-state index is 0.0837. The van der Waals surface area contributed by atoms with Crippen molar-refractivity contribution in [2.75, 3.05) is 12.9 Å². The summed E-state index contributed by atoms with van der Waals surface area (Å²) in [4.78, 5) is 23.7. The van der Waals surface area contributed by atoms with Gasteiger partial charge in [0, 0.05) is 12.1 Å². The van der Waals surface area contributed by atoms with Crippen LogP contribution in [0.1, 0.15) is 49.2 Å². The van der Waals surface area contributed by atoms with Crippen LogP contribution in [0.2, 0.25) is 0 Å². The highest BCUT2D eigenvalue weighted by Crippen LogP contribution is 2.27. The summed E-state index contributed by atoms with van der Waals surface area (Å²) in [6.45, 7) is 9.26. The highest BCUT2D eigenvalue weighted by Gasteiger charge is 2.17. The van der Waals surface area contributed by atoms with E-state index in [9.17, 15) is 9.59 Å². The lowest BCUT2D eigenvalue weighted by Crippen LogP contribution is -2.20. The minimum Gasteiger partial charge on any atom is -0.465 e. The largest absolute Gasteiger partial charge is 0.465 e. The highest BCUT2D eigenvalue weighted by atomic mass is 32.2. The molecule has 0 spiro atoms. The van der Waals surface area contributed by atoms with Gasteiger partial charge in [0.15, 0.2) is 11.0 Å². The summed E-state index contributed by atoms with van der Waals surface area (Å²) in [5.41, 5.74) is 6.03. The Morgan fingerprint density at radius 2 is 1.76 bits per heavy atom. The third kappa shape index (κ3) is 6.32. The summed E-state index contributed by atoms with van der Waals surface area (Å²) in [5, 5.41) is 13.3. The molecule has 0 saturated carbocycles. The van der Waals surface area contributed by atoms with Gasteiger partial charge < -0.3 is 9.30 Å². The van der Waals surface area contributed by atoms with Gasteiger partial charge in [-0.15, -0.1) is 10.2 Å². The summed E-state index contributed by atoms with van der Waals surface area (Å²) in [5.74, 6) is 0.270. The topological polar surface area (TPSA) is 98.5 Å². The number of hydrogen-bond acceptors (Lipinski definition) is 7. The van der Waals surface area contributed by atoms with E-state index in [0.29, 0.717) is 17.3 Å². The SMILES string of the molecule is CCn1c(SCC(=O)NN=Cc2ccc(C(=O)OC)cc2)nnc1-c1ccc(C(C)(C)C)cc1. The van der Waals surface area contributed by atoms with Gasteiger partial charge in [-0.25, -0.2) is 10.2 Å². The van der Waals surface area contributed by atoms with Crippen molar-refractivity contribution in [2.24, 2.45) is 5.10 Å². The average Bonchev–Trinajstić information content (AvgIpc) is 3.25. The quantitative estimate of drug-likeness (QED) is 0.224. The summed E-state index contributed by atoms with van der Waals surface area (Å²) in [7, 11) is 1.33. The van der Waals surface area contributed by atoms with Gasteiger partial charge in [0.1, 0.15) is 0 Å². The van der Waals surface area contributed by atoms with E-state index in [4.69, 9.17) is 0 Å². The molecule has 3 aromatic rings. The summed E-state index contributed by atoms with van der Waals surface area (Å²) < 4.78 is 6.66. The predicted molar refractivity (Wildman–Crippen MR) is 134 cm³/mol. The maximum atomic E-state index is 12.2. The second-order valence-corrected chi connectivity index (χ2v) is 9.52. The number of amides is 1. The molecule has 1 amide bonds. The van der Waals surface area contributed by atoms with Gasteiger partial charge in [0.2, 0.25) is 0 Å². The number of rotatable bonds is 8. The number of nitrogens with zero attached hydrogens (tertiary/aromatic N) is 4. The molecule has 0 bridgehead atoms. The molecular formula is C25H29N5O3S. The number of thioether (sulfide) groups is 1. The van der Waals surface area contributed by atoms with Crippen LogP contribution in [0.25, 0.3) is 11.4 Å². The molecule has 34 heavy (non-hydrogen) atoms. The lowest BCUT2D eigenvalue weighted by atomic mass is 9.87. The van der Waals surface area contributed by atoms with E-state index >= 15 is 0 Å². The Morgan fingerprint density at radius 1 is 1.09 bits per heavy atom. The minimum atomic E-state index is -0.404. The van der Waals surface area contributed by atoms with Gasteiger partial charge in [0.25, 0.3) is 5.91 Å². The molecule has 0 radical (unpaired) electrons. The molecule has 0 aliphatic heterocycles. The number of methoxy groups -OCH3 is 1. The van der Waals surface area contributed by atoms with Crippen LogP contribution in [0.5, 0.6) is 0 Å². The molecule has 0 fully saturated rings. The third-order valence-corrected chi connectivity index (χ3v) is 6.08. The number of aromatic nitrogens is 3. The molecule has 1 heterocycles. The Morgan fingerprint density at radius 3 is 2.35 bits per heavy atom. The first-order chi connectivity index (χ1) is 16.2. The number of hydrogen-bond donors (Lipinski definition) is 1. The Kier molecular flexibility index (Phi) is 8.22. The van der Waals surface area contributed by atoms with E-state index < -0.39 is 5.97 Å². The molecule has 0 aliphatic carbocycles. The molecular weight excluding hydrogens is 450 g/mol. The van der Waals surface area contributed by atoms with E-state index in [0.717, 1.165) is 17.0 Å². The predicted octanol–water partition coefficient (Wildman–Crippen LogP) is 4.29. The van der Waals surface area contributed by atoms with Gasteiger partial charge >= 0.3 is 5.97 Å². The second-order valence-electron chi connectivity index (χ2n) is 8.57. The fraction of sp³-hybridized carbons (Fsp3) is 0.320. The van der Waals surface area contributed by atoms with E-state index in [-0.39, 0.29) is 17.1 Å². The van der Waals surface area contributed by atoms with Crippen LogP contribution < -0.4 is 5.43 Å². The van der Waals surface area contributed by atoms with Gasteiger partial charge in [-0.05, 0) is 35.6 Å². The molecule has 3 rings (SSSR count). The molecule has 1 aromatic heterocycles. The van der Waals surface area contributed by atoms with Crippen molar-refractivity contribution in [1.29, 1.82) is 0 Å². The van der Waals surface area contributed by atoms with Crippen molar-refractivity contribution >= 4 is 29.9 Å². The zero-order chi connectivity index (χ0) is 24.7. The summed E-state index contributed by atoms with van der Waals surface area (Å²) in [6, 6.07) is 15.1. The van der Waals surface area contributed by atoms with Crippen LogP contribution in [-0.4, -0.2) is 45.7 Å². The van der Waals surface area contributed by atoms with Crippen LogP contribution in [0.4, 0.5) is 0 Å². The van der Waals surface area contributed by atoms with Gasteiger partial charge in [-0.3, -0.25) is 4.79 Å². The second kappa shape index (κ2) is 11.1. The van der Waals surface area contributed by atoms with Crippen molar-refractivity contribution in [3.63, 3.8) is 0 Å². The number of benzene rings is 2. The number of nitrogens with one attached hydrogen (secondary N) is 1. The van der Waals surface area contributed by atoms with Crippen LogP contribution in [-0.2, 0) is 21.5 Å². The monoisotopic (exact) mass is 479 g/mol. The van der Waals surface area contributed by atoms with Crippen LogP contribution in [0.3, 0.4) is 0 Å². The number of carbonyl (C=O) groups is 2. The first kappa shape index (κ1) is 25.2. The van der Waals surface area contributed by atoms with Gasteiger partial charge in [-0.2, -0.15) is 5.10 Å². The van der Waals surface area contributed by atoms with Crippen molar-refractivity contribution in [3.8, 4) is 11.4 Å². The zero-order valence-electron chi connectivity index (χ0n) is 20.0. The first-order valence-corrected chi connectivity index (χ1v) is 11.9. The smallest absolute Gasteiger partial charge is 0.337 e. The third-order valence-electron chi connectivity index (χ3n) is 5.11. The molecule has 0 unspecified atom stereocenters. The van der Waals surface area contributed by atoms with Crippen molar-refractivity contribution in [1.82, 2.24) is 20.2 Å².